The molecular weight excluding hydrogens is 361 g/mol. The number of quaternary nitrogens is 1. The van der Waals surface area contributed by atoms with Gasteiger partial charge in [0.2, 0.25) is 0 Å². The first kappa shape index (κ1) is 17.8. The van der Waals surface area contributed by atoms with Crippen LogP contribution in [0.5, 0.6) is 0 Å². The standard InChI is InChI=1S/C18H17ClFN3OS/c1-22(2)9-10-23(17(24)12-3-5-13(19)6-4-12)18-21-15-8-7-14(20)11-16(15)25-18/h3-8,11H,9-10H2,1-2H3/p+1. The second-order valence-electron chi connectivity index (χ2n) is 6.03. The molecule has 4 nitrogen and oxygen atoms in total. The predicted octanol–water partition coefficient (Wildman–Crippen LogP) is 2.88. The third-order valence-corrected chi connectivity index (χ3v) is 5.03. The van der Waals surface area contributed by atoms with E-state index in [-0.39, 0.29) is 11.7 Å². The minimum atomic E-state index is -0.309. The number of rotatable bonds is 5. The Labute approximate surface area is 154 Å². The number of amides is 1. The smallest absolute Gasteiger partial charge is 0.260 e. The van der Waals surface area contributed by atoms with Gasteiger partial charge in [0.25, 0.3) is 5.91 Å². The number of halogens is 2. The van der Waals surface area contributed by atoms with Gasteiger partial charge in [-0.2, -0.15) is 0 Å². The molecular formula is C18H18ClFN3OS+. The van der Waals surface area contributed by atoms with Crippen molar-refractivity contribution < 1.29 is 14.1 Å². The number of hydrogen-bond donors (Lipinski definition) is 1. The topological polar surface area (TPSA) is 37.6 Å². The number of benzene rings is 2. The van der Waals surface area contributed by atoms with E-state index in [0.717, 1.165) is 11.2 Å². The molecule has 1 heterocycles. The first-order valence-corrected chi connectivity index (χ1v) is 9.06. The normalized spacial score (nSPS) is 11.2. The summed E-state index contributed by atoms with van der Waals surface area (Å²) in [5.74, 6) is -0.451. The largest absolute Gasteiger partial charge is 0.338 e. The molecule has 1 amide bonds. The van der Waals surface area contributed by atoms with E-state index in [4.69, 9.17) is 11.6 Å². The van der Waals surface area contributed by atoms with E-state index in [0.29, 0.717) is 27.8 Å². The molecule has 25 heavy (non-hydrogen) atoms. The maximum atomic E-state index is 13.4. The lowest BCUT2D eigenvalue weighted by molar-refractivity contribution is -0.856. The number of carbonyl (C=O) groups excluding carboxylic acids is 1. The summed E-state index contributed by atoms with van der Waals surface area (Å²) in [6, 6.07) is 11.2. The molecule has 1 N–H and O–H groups in total. The van der Waals surface area contributed by atoms with Crippen LogP contribution in [-0.2, 0) is 0 Å². The van der Waals surface area contributed by atoms with Crippen LogP contribution in [0.15, 0.2) is 42.5 Å². The Morgan fingerprint density at radius 3 is 2.64 bits per heavy atom. The first-order chi connectivity index (χ1) is 11.9. The molecule has 0 saturated carbocycles. The number of nitrogens with zero attached hydrogens (tertiary/aromatic N) is 2. The van der Waals surface area contributed by atoms with Crippen molar-refractivity contribution in [2.24, 2.45) is 0 Å². The van der Waals surface area contributed by atoms with Crippen LogP contribution in [-0.4, -0.2) is 38.1 Å². The molecule has 3 aromatic rings. The monoisotopic (exact) mass is 378 g/mol. The van der Waals surface area contributed by atoms with Gasteiger partial charge >= 0.3 is 0 Å². The molecule has 2 aromatic carbocycles. The molecule has 0 unspecified atom stereocenters. The second kappa shape index (κ2) is 7.47. The third kappa shape index (κ3) is 4.15. The Bertz CT molecular complexity index is 895. The summed E-state index contributed by atoms with van der Waals surface area (Å²) in [4.78, 5) is 20.4. The average molecular weight is 379 g/mol. The maximum Gasteiger partial charge on any atom is 0.260 e. The molecule has 0 saturated heterocycles. The van der Waals surface area contributed by atoms with E-state index in [1.54, 1.807) is 35.2 Å². The number of nitrogens with one attached hydrogen (secondary N) is 1. The number of fused-ring (bicyclic) bond motifs is 1. The Kier molecular flexibility index (Phi) is 5.32. The fourth-order valence-corrected chi connectivity index (χ4v) is 3.51. The first-order valence-electron chi connectivity index (χ1n) is 7.86. The van der Waals surface area contributed by atoms with E-state index in [9.17, 15) is 9.18 Å². The van der Waals surface area contributed by atoms with Crippen molar-refractivity contribution in [2.45, 2.75) is 0 Å². The van der Waals surface area contributed by atoms with Gasteiger partial charge in [-0.3, -0.25) is 9.69 Å². The van der Waals surface area contributed by atoms with Crippen LogP contribution in [0, 0.1) is 5.82 Å². The van der Waals surface area contributed by atoms with Gasteiger partial charge in [-0.05, 0) is 42.5 Å². The van der Waals surface area contributed by atoms with Gasteiger partial charge in [0.1, 0.15) is 5.82 Å². The highest BCUT2D eigenvalue weighted by molar-refractivity contribution is 7.22. The number of carbonyl (C=O) groups is 1. The highest BCUT2D eigenvalue weighted by Gasteiger charge is 2.22. The Balaban J connectivity index is 1.97. The molecule has 0 spiro atoms. The zero-order valence-corrected chi connectivity index (χ0v) is 15.5. The predicted molar refractivity (Wildman–Crippen MR) is 100 cm³/mol. The van der Waals surface area contributed by atoms with Crippen LogP contribution in [0.1, 0.15) is 10.4 Å². The minimum Gasteiger partial charge on any atom is -0.338 e. The Hall–Kier alpha value is -2.02. The Morgan fingerprint density at radius 2 is 1.96 bits per heavy atom. The molecule has 130 valence electrons. The number of hydrogen-bond acceptors (Lipinski definition) is 3. The molecule has 3 rings (SSSR count). The van der Waals surface area contributed by atoms with Crippen LogP contribution >= 0.6 is 22.9 Å². The van der Waals surface area contributed by atoms with E-state index in [1.807, 2.05) is 14.1 Å². The van der Waals surface area contributed by atoms with Crippen molar-refractivity contribution in [3.8, 4) is 0 Å². The third-order valence-electron chi connectivity index (χ3n) is 3.74. The van der Waals surface area contributed by atoms with Crippen LogP contribution in [0.3, 0.4) is 0 Å². The molecule has 1 aromatic heterocycles. The molecule has 0 aliphatic carbocycles. The van der Waals surface area contributed by atoms with E-state index in [2.05, 4.69) is 4.98 Å². The lowest BCUT2D eigenvalue weighted by Gasteiger charge is -2.20. The van der Waals surface area contributed by atoms with Gasteiger partial charge in [0, 0.05) is 10.6 Å². The quantitative estimate of drug-likeness (QED) is 0.741. The summed E-state index contributed by atoms with van der Waals surface area (Å²) in [7, 11) is 4.05. The lowest BCUT2D eigenvalue weighted by atomic mass is 10.2. The highest BCUT2D eigenvalue weighted by Crippen LogP contribution is 2.30. The average Bonchev–Trinajstić information content (AvgIpc) is 2.98. The summed E-state index contributed by atoms with van der Waals surface area (Å²) in [5.41, 5.74) is 1.23. The van der Waals surface area contributed by atoms with Crippen LogP contribution in [0.4, 0.5) is 9.52 Å². The Morgan fingerprint density at radius 1 is 1.24 bits per heavy atom. The molecule has 0 aliphatic heterocycles. The number of aromatic nitrogens is 1. The van der Waals surface area contributed by atoms with Crippen LogP contribution in [0.2, 0.25) is 5.02 Å². The van der Waals surface area contributed by atoms with Gasteiger partial charge < -0.3 is 4.90 Å². The summed E-state index contributed by atoms with van der Waals surface area (Å²) in [6.07, 6.45) is 0. The summed E-state index contributed by atoms with van der Waals surface area (Å²) >= 11 is 7.23. The lowest BCUT2D eigenvalue weighted by Crippen LogP contribution is -3.06. The summed E-state index contributed by atoms with van der Waals surface area (Å²) in [5, 5.41) is 1.15. The fraction of sp³-hybridized carbons (Fsp3) is 0.222. The number of likely N-dealkylation sites (N-methyl/N-ethyl adjacent to an activating group) is 1. The van der Waals surface area contributed by atoms with Gasteiger partial charge in [-0.15, -0.1) is 0 Å². The van der Waals surface area contributed by atoms with Crippen molar-refractivity contribution in [2.75, 3.05) is 32.1 Å². The molecule has 7 heteroatoms. The second-order valence-corrected chi connectivity index (χ2v) is 7.47. The SMILES string of the molecule is C[NH+](C)CCN(C(=O)c1ccc(Cl)cc1)c1nc2ccc(F)cc2s1. The van der Waals surface area contributed by atoms with Gasteiger partial charge in [-0.25, -0.2) is 9.37 Å². The molecule has 0 aliphatic rings. The van der Waals surface area contributed by atoms with Gasteiger partial charge in [0.15, 0.2) is 5.13 Å². The van der Waals surface area contributed by atoms with Crippen molar-refractivity contribution in [1.82, 2.24) is 4.98 Å². The molecule has 0 atom stereocenters. The van der Waals surface area contributed by atoms with Crippen LogP contribution < -0.4 is 9.80 Å². The molecule has 0 bridgehead atoms. The van der Waals surface area contributed by atoms with Crippen molar-refractivity contribution in [3.05, 3.63) is 58.9 Å². The summed E-state index contributed by atoms with van der Waals surface area (Å²) in [6.45, 7) is 1.29. The summed E-state index contributed by atoms with van der Waals surface area (Å²) < 4.78 is 14.2. The number of thiazole rings is 1. The van der Waals surface area contributed by atoms with E-state index >= 15 is 0 Å². The van der Waals surface area contributed by atoms with Gasteiger partial charge in [0.05, 0.1) is 37.4 Å². The van der Waals surface area contributed by atoms with Crippen molar-refractivity contribution >= 4 is 44.2 Å². The van der Waals surface area contributed by atoms with Crippen molar-refractivity contribution in [1.29, 1.82) is 0 Å². The van der Waals surface area contributed by atoms with E-state index < -0.39 is 0 Å². The molecule has 0 radical (unpaired) electrons. The zero-order chi connectivity index (χ0) is 18.0. The fourth-order valence-electron chi connectivity index (χ4n) is 2.37. The zero-order valence-electron chi connectivity index (χ0n) is 13.9. The van der Waals surface area contributed by atoms with Crippen LogP contribution in [0.25, 0.3) is 10.2 Å². The van der Waals surface area contributed by atoms with E-state index in [1.165, 1.54) is 28.4 Å². The van der Waals surface area contributed by atoms with Crippen molar-refractivity contribution in [3.63, 3.8) is 0 Å². The number of anilines is 1. The minimum absolute atomic E-state index is 0.141. The maximum absolute atomic E-state index is 13.4. The highest BCUT2D eigenvalue weighted by atomic mass is 35.5. The van der Waals surface area contributed by atoms with Gasteiger partial charge in [-0.1, -0.05) is 22.9 Å². The molecule has 0 fully saturated rings.